The molecular weight excluding hydrogens is 218 g/mol. The average Bonchev–Trinajstić information content (AvgIpc) is 2.89. The number of hydrogen-bond donors (Lipinski definition) is 1. The molecule has 0 spiro atoms. The minimum atomic E-state index is 0.832. The molecule has 2 aromatic rings. The van der Waals surface area contributed by atoms with E-state index in [0.29, 0.717) is 0 Å². The van der Waals surface area contributed by atoms with Gasteiger partial charge in [-0.2, -0.15) is 0 Å². The van der Waals surface area contributed by atoms with Crippen molar-refractivity contribution in [2.75, 3.05) is 6.54 Å². The maximum Gasteiger partial charge on any atom is 0.117 e. The Hall–Kier alpha value is -1.06. The molecule has 1 N–H and O–H groups in total. The fourth-order valence-corrected chi connectivity index (χ4v) is 2.39. The zero-order valence-electron chi connectivity index (χ0n) is 9.53. The Balaban J connectivity index is 1.59. The van der Waals surface area contributed by atoms with Crippen LogP contribution in [-0.4, -0.2) is 6.54 Å². The Bertz CT molecular complexity index is 405. The van der Waals surface area contributed by atoms with Gasteiger partial charge < -0.3 is 9.73 Å². The summed E-state index contributed by atoms with van der Waals surface area (Å²) in [6.07, 6.45) is 2.35. The molecule has 0 aliphatic carbocycles. The first kappa shape index (κ1) is 11.4. The highest BCUT2D eigenvalue weighted by Gasteiger charge is 1.98. The molecule has 2 heterocycles. The summed E-state index contributed by atoms with van der Waals surface area (Å²) in [5, 5.41) is 5.52. The SMILES string of the molecule is Cc1ccc(CNCCCc2cccs2)o1. The molecule has 2 rings (SSSR count). The summed E-state index contributed by atoms with van der Waals surface area (Å²) in [5.41, 5.74) is 0. The van der Waals surface area contributed by atoms with Gasteiger partial charge in [0.15, 0.2) is 0 Å². The van der Waals surface area contributed by atoms with E-state index in [1.165, 1.54) is 17.7 Å². The highest BCUT2D eigenvalue weighted by Crippen LogP contribution is 2.10. The second kappa shape index (κ2) is 5.87. The number of furan rings is 1. The van der Waals surface area contributed by atoms with Crippen molar-refractivity contribution in [1.82, 2.24) is 5.32 Å². The average molecular weight is 235 g/mol. The van der Waals surface area contributed by atoms with Gasteiger partial charge in [0, 0.05) is 4.88 Å². The molecule has 0 bridgehead atoms. The molecule has 0 aliphatic rings. The van der Waals surface area contributed by atoms with Gasteiger partial charge in [-0.1, -0.05) is 6.07 Å². The molecular formula is C13H17NOS. The van der Waals surface area contributed by atoms with Gasteiger partial charge >= 0.3 is 0 Å². The zero-order valence-corrected chi connectivity index (χ0v) is 10.3. The lowest BCUT2D eigenvalue weighted by molar-refractivity contribution is 0.461. The number of rotatable bonds is 6. The molecule has 3 heteroatoms. The molecule has 0 saturated carbocycles. The smallest absolute Gasteiger partial charge is 0.117 e. The lowest BCUT2D eigenvalue weighted by atomic mass is 10.2. The lowest BCUT2D eigenvalue weighted by Gasteiger charge is -2.01. The van der Waals surface area contributed by atoms with E-state index in [1.807, 2.05) is 30.4 Å². The molecule has 0 aliphatic heterocycles. The third-order valence-electron chi connectivity index (χ3n) is 2.45. The van der Waals surface area contributed by atoms with Gasteiger partial charge in [0.2, 0.25) is 0 Å². The van der Waals surface area contributed by atoms with Crippen LogP contribution < -0.4 is 5.32 Å². The van der Waals surface area contributed by atoms with E-state index in [0.717, 1.165) is 24.6 Å². The van der Waals surface area contributed by atoms with Gasteiger partial charge in [0.25, 0.3) is 0 Å². The fraction of sp³-hybridized carbons (Fsp3) is 0.385. The normalized spacial score (nSPS) is 10.8. The number of nitrogens with one attached hydrogen (secondary N) is 1. The van der Waals surface area contributed by atoms with Crippen molar-refractivity contribution in [2.24, 2.45) is 0 Å². The Morgan fingerprint density at radius 1 is 1.31 bits per heavy atom. The van der Waals surface area contributed by atoms with Crippen LogP contribution in [-0.2, 0) is 13.0 Å². The summed E-state index contributed by atoms with van der Waals surface area (Å²) in [7, 11) is 0. The van der Waals surface area contributed by atoms with Crippen LogP contribution in [0.3, 0.4) is 0 Å². The predicted octanol–water partition coefficient (Wildman–Crippen LogP) is 3.37. The zero-order chi connectivity index (χ0) is 11.2. The lowest BCUT2D eigenvalue weighted by Crippen LogP contribution is -2.14. The van der Waals surface area contributed by atoms with Gasteiger partial charge in [-0.3, -0.25) is 0 Å². The summed E-state index contributed by atoms with van der Waals surface area (Å²) in [5.74, 6) is 2.00. The van der Waals surface area contributed by atoms with Crippen molar-refractivity contribution in [1.29, 1.82) is 0 Å². The Kier molecular flexibility index (Phi) is 4.19. The molecule has 0 atom stereocenters. The van der Waals surface area contributed by atoms with Crippen molar-refractivity contribution in [3.8, 4) is 0 Å². The monoisotopic (exact) mass is 235 g/mol. The van der Waals surface area contributed by atoms with Crippen molar-refractivity contribution >= 4 is 11.3 Å². The van der Waals surface area contributed by atoms with Gasteiger partial charge in [0.1, 0.15) is 11.5 Å². The Morgan fingerprint density at radius 2 is 2.25 bits per heavy atom. The Morgan fingerprint density at radius 3 is 2.94 bits per heavy atom. The van der Waals surface area contributed by atoms with Crippen molar-refractivity contribution < 1.29 is 4.42 Å². The maximum absolute atomic E-state index is 5.48. The molecule has 0 aromatic carbocycles. The molecule has 0 fully saturated rings. The summed E-state index contributed by atoms with van der Waals surface area (Å²) in [6, 6.07) is 8.34. The van der Waals surface area contributed by atoms with Crippen LogP contribution in [0.25, 0.3) is 0 Å². The van der Waals surface area contributed by atoms with Crippen LogP contribution in [0.2, 0.25) is 0 Å². The van der Waals surface area contributed by atoms with Crippen molar-refractivity contribution in [3.63, 3.8) is 0 Å². The fourth-order valence-electron chi connectivity index (χ4n) is 1.63. The molecule has 2 aromatic heterocycles. The van der Waals surface area contributed by atoms with Crippen LogP contribution in [0.1, 0.15) is 22.8 Å². The summed E-state index contributed by atoms with van der Waals surface area (Å²) < 4.78 is 5.48. The van der Waals surface area contributed by atoms with Crippen molar-refractivity contribution in [3.05, 3.63) is 46.0 Å². The number of aryl methyl sites for hydroxylation is 2. The van der Waals surface area contributed by atoms with Crippen LogP contribution in [0.4, 0.5) is 0 Å². The van der Waals surface area contributed by atoms with E-state index >= 15 is 0 Å². The van der Waals surface area contributed by atoms with Crippen LogP contribution in [0.15, 0.2) is 34.1 Å². The largest absolute Gasteiger partial charge is 0.465 e. The minimum absolute atomic E-state index is 0.832. The van der Waals surface area contributed by atoms with E-state index in [4.69, 9.17) is 4.42 Å². The van der Waals surface area contributed by atoms with E-state index < -0.39 is 0 Å². The van der Waals surface area contributed by atoms with Gasteiger partial charge in [-0.25, -0.2) is 0 Å². The van der Waals surface area contributed by atoms with Gasteiger partial charge in [-0.15, -0.1) is 11.3 Å². The molecule has 16 heavy (non-hydrogen) atoms. The van der Waals surface area contributed by atoms with E-state index in [9.17, 15) is 0 Å². The highest BCUT2D eigenvalue weighted by molar-refractivity contribution is 7.09. The Labute approximate surface area is 100 Å². The summed E-state index contributed by atoms with van der Waals surface area (Å²) >= 11 is 1.83. The quantitative estimate of drug-likeness (QED) is 0.777. The van der Waals surface area contributed by atoms with Gasteiger partial charge in [0.05, 0.1) is 6.54 Å². The maximum atomic E-state index is 5.48. The summed E-state index contributed by atoms with van der Waals surface area (Å²) in [6.45, 7) is 3.84. The standard InChI is InChI=1S/C13H17NOS/c1-11-6-7-12(15-11)10-14-8-2-4-13-5-3-9-16-13/h3,5-7,9,14H,2,4,8,10H2,1H3. The molecule has 0 unspecified atom stereocenters. The van der Waals surface area contributed by atoms with E-state index in [1.54, 1.807) is 0 Å². The first-order chi connectivity index (χ1) is 7.84. The molecule has 0 radical (unpaired) electrons. The molecule has 2 nitrogen and oxygen atoms in total. The summed E-state index contributed by atoms with van der Waals surface area (Å²) in [4.78, 5) is 1.47. The predicted molar refractivity (Wildman–Crippen MR) is 67.8 cm³/mol. The first-order valence-electron chi connectivity index (χ1n) is 5.63. The molecule has 0 saturated heterocycles. The van der Waals surface area contributed by atoms with Crippen LogP contribution in [0.5, 0.6) is 0 Å². The number of hydrogen-bond acceptors (Lipinski definition) is 3. The van der Waals surface area contributed by atoms with Crippen LogP contribution in [0, 0.1) is 6.92 Å². The number of thiophene rings is 1. The second-order valence-electron chi connectivity index (χ2n) is 3.87. The van der Waals surface area contributed by atoms with Gasteiger partial charge in [-0.05, 0) is 49.9 Å². The molecule has 0 amide bonds. The topological polar surface area (TPSA) is 25.2 Å². The van der Waals surface area contributed by atoms with E-state index in [2.05, 4.69) is 22.8 Å². The minimum Gasteiger partial charge on any atom is -0.465 e. The van der Waals surface area contributed by atoms with Crippen molar-refractivity contribution in [2.45, 2.75) is 26.3 Å². The third kappa shape index (κ3) is 3.51. The second-order valence-corrected chi connectivity index (χ2v) is 4.90. The van der Waals surface area contributed by atoms with Crippen LogP contribution >= 0.6 is 11.3 Å². The highest BCUT2D eigenvalue weighted by atomic mass is 32.1. The molecule has 86 valence electrons. The third-order valence-corrected chi connectivity index (χ3v) is 3.39. The van der Waals surface area contributed by atoms with E-state index in [-0.39, 0.29) is 0 Å². The first-order valence-corrected chi connectivity index (χ1v) is 6.51.